The van der Waals surface area contributed by atoms with Crippen molar-refractivity contribution in [1.82, 2.24) is 0 Å². The Kier molecular flexibility index (Phi) is 11.8. The van der Waals surface area contributed by atoms with Crippen molar-refractivity contribution in [3.63, 3.8) is 0 Å². The van der Waals surface area contributed by atoms with Crippen LogP contribution in [0.3, 0.4) is 0 Å². The molecule has 0 bridgehead atoms. The van der Waals surface area contributed by atoms with Gasteiger partial charge in [-0.1, -0.05) is 18.6 Å². The number of hydrogen-bond donors (Lipinski definition) is 0. The van der Waals surface area contributed by atoms with Crippen LogP contribution < -0.4 is 0 Å². The molecule has 0 fully saturated rings. The third-order valence-corrected chi connectivity index (χ3v) is 5.83. The molecule has 0 radical (unpaired) electrons. The quantitative estimate of drug-likeness (QED) is 0.304. The molecule has 18 heavy (non-hydrogen) atoms. The summed E-state index contributed by atoms with van der Waals surface area (Å²) in [6, 6.07) is 0.943. The fourth-order valence-electron chi connectivity index (χ4n) is 1.95. The molecule has 4 heteroatoms. The second-order valence-electron chi connectivity index (χ2n) is 4.15. The van der Waals surface area contributed by atoms with Crippen LogP contribution >= 0.6 is 0 Å². The molecule has 0 spiro atoms. The molecule has 0 aromatic heterocycles. The van der Waals surface area contributed by atoms with Crippen LogP contribution in [0.5, 0.6) is 0 Å². The predicted molar refractivity (Wildman–Crippen MR) is 78.7 cm³/mol. The topological polar surface area (TPSA) is 27.7 Å². The van der Waals surface area contributed by atoms with E-state index in [-0.39, 0.29) is 0 Å². The first-order valence-electron chi connectivity index (χ1n) is 7.27. The van der Waals surface area contributed by atoms with E-state index in [0.29, 0.717) is 19.8 Å². The van der Waals surface area contributed by atoms with E-state index >= 15 is 0 Å². The average Bonchev–Trinajstić information content (AvgIpc) is 2.35. The van der Waals surface area contributed by atoms with Gasteiger partial charge in [0.25, 0.3) is 0 Å². The lowest BCUT2D eigenvalue weighted by Gasteiger charge is -2.28. The zero-order chi connectivity index (χ0) is 13.7. The van der Waals surface area contributed by atoms with E-state index in [1.165, 1.54) is 19.3 Å². The van der Waals surface area contributed by atoms with Gasteiger partial charge in [0, 0.05) is 25.9 Å². The summed E-state index contributed by atoms with van der Waals surface area (Å²) in [5, 5.41) is 0. The first-order chi connectivity index (χ1) is 8.74. The molecule has 0 saturated carbocycles. The Bertz CT molecular complexity index is 190. The molecule has 0 aliphatic carbocycles. The highest BCUT2D eigenvalue weighted by atomic mass is 28.4. The maximum Gasteiger partial charge on any atom is 0.500 e. The minimum Gasteiger partial charge on any atom is -0.374 e. The van der Waals surface area contributed by atoms with Gasteiger partial charge in [-0.2, -0.15) is 0 Å². The normalized spacial score (nSPS) is 12.4. The maximum atomic E-state index is 5.82. The first kappa shape index (κ1) is 17.8. The highest BCUT2D eigenvalue weighted by Gasteiger charge is 2.39. The van der Waals surface area contributed by atoms with Crippen molar-refractivity contribution in [2.75, 3.05) is 19.8 Å². The van der Waals surface area contributed by atoms with Crippen LogP contribution in [-0.4, -0.2) is 28.6 Å². The highest BCUT2D eigenvalue weighted by Crippen LogP contribution is 2.20. The summed E-state index contributed by atoms with van der Waals surface area (Å²) in [4.78, 5) is 0. The first-order valence-corrected chi connectivity index (χ1v) is 9.20. The van der Waals surface area contributed by atoms with Crippen LogP contribution in [0.25, 0.3) is 0 Å². The number of allylic oxidation sites excluding steroid dienone is 2. The molecule has 0 aromatic rings. The minimum atomic E-state index is -2.38. The Morgan fingerprint density at radius 3 is 1.83 bits per heavy atom. The second-order valence-corrected chi connectivity index (χ2v) is 6.88. The van der Waals surface area contributed by atoms with E-state index in [1.54, 1.807) is 0 Å². The molecular formula is C14H30O3Si. The fraction of sp³-hybridized carbons (Fsp3) is 0.857. The Morgan fingerprint density at radius 2 is 1.39 bits per heavy atom. The van der Waals surface area contributed by atoms with Crippen LogP contribution in [0.4, 0.5) is 0 Å². The standard InChI is InChI=1S/C14H30O3Si/c1-5-9-10-11-12-13-14-18(15-6-2,16-7-3)17-8-4/h5,9H,6-8,10-14H2,1-4H3/b9-5+. The van der Waals surface area contributed by atoms with E-state index in [2.05, 4.69) is 19.1 Å². The van der Waals surface area contributed by atoms with Crippen molar-refractivity contribution in [3.05, 3.63) is 12.2 Å². The van der Waals surface area contributed by atoms with Gasteiger partial charge in [0.2, 0.25) is 0 Å². The van der Waals surface area contributed by atoms with E-state index in [9.17, 15) is 0 Å². The minimum absolute atomic E-state index is 0.671. The molecule has 0 unspecified atom stereocenters. The van der Waals surface area contributed by atoms with Crippen molar-refractivity contribution in [1.29, 1.82) is 0 Å². The van der Waals surface area contributed by atoms with Gasteiger partial charge < -0.3 is 13.3 Å². The summed E-state index contributed by atoms with van der Waals surface area (Å²) in [5.74, 6) is 0. The highest BCUT2D eigenvalue weighted by molar-refractivity contribution is 6.60. The molecule has 0 aromatic carbocycles. The predicted octanol–water partition coefficient (Wildman–Crippen LogP) is 4.17. The van der Waals surface area contributed by atoms with Crippen LogP contribution in [0.15, 0.2) is 12.2 Å². The molecule has 0 N–H and O–H groups in total. The van der Waals surface area contributed by atoms with Crippen molar-refractivity contribution in [3.8, 4) is 0 Å². The van der Waals surface area contributed by atoms with Gasteiger partial charge in [-0.3, -0.25) is 0 Å². The van der Waals surface area contributed by atoms with Crippen LogP contribution in [-0.2, 0) is 13.3 Å². The summed E-state index contributed by atoms with van der Waals surface area (Å²) in [6.45, 7) is 10.1. The Morgan fingerprint density at radius 1 is 0.833 bits per heavy atom. The molecular weight excluding hydrogens is 244 g/mol. The SMILES string of the molecule is C/C=C/CCCCC[Si](OCC)(OCC)OCC. The maximum absolute atomic E-state index is 5.82. The smallest absolute Gasteiger partial charge is 0.374 e. The second kappa shape index (κ2) is 11.9. The van der Waals surface area contributed by atoms with Gasteiger partial charge in [-0.25, -0.2) is 0 Å². The van der Waals surface area contributed by atoms with Gasteiger partial charge in [-0.15, -0.1) is 0 Å². The van der Waals surface area contributed by atoms with Gasteiger partial charge >= 0.3 is 8.80 Å². The summed E-state index contributed by atoms with van der Waals surface area (Å²) < 4.78 is 17.5. The monoisotopic (exact) mass is 274 g/mol. The Hall–Kier alpha value is -0.163. The molecule has 3 nitrogen and oxygen atoms in total. The van der Waals surface area contributed by atoms with Gasteiger partial charge in [0.05, 0.1) is 0 Å². The van der Waals surface area contributed by atoms with Crippen molar-refractivity contribution in [2.45, 2.75) is 59.4 Å². The summed E-state index contributed by atoms with van der Waals surface area (Å²) >= 11 is 0. The number of hydrogen-bond acceptors (Lipinski definition) is 3. The lowest BCUT2D eigenvalue weighted by Crippen LogP contribution is -2.45. The Labute approximate surface area is 114 Å². The number of rotatable bonds is 12. The van der Waals surface area contributed by atoms with E-state index in [0.717, 1.165) is 12.5 Å². The molecule has 0 aliphatic heterocycles. The van der Waals surface area contributed by atoms with Crippen molar-refractivity contribution in [2.24, 2.45) is 0 Å². The van der Waals surface area contributed by atoms with E-state index in [4.69, 9.17) is 13.3 Å². The molecule has 0 aliphatic rings. The lowest BCUT2D eigenvalue weighted by atomic mass is 10.2. The summed E-state index contributed by atoms with van der Waals surface area (Å²) in [7, 11) is -2.38. The molecule has 0 rings (SSSR count). The fourth-order valence-corrected chi connectivity index (χ4v) is 4.63. The average molecular weight is 274 g/mol. The largest absolute Gasteiger partial charge is 0.500 e. The molecule has 108 valence electrons. The third-order valence-electron chi connectivity index (χ3n) is 2.68. The molecule has 0 amide bonds. The molecule has 0 heterocycles. The van der Waals surface area contributed by atoms with Gasteiger partial charge in [-0.05, 0) is 47.0 Å². The lowest BCUT2D eigenvalue weighted by molar-refractivity contribution is 0.0706. The Balaban J connectivity index is 4.04. The molecule has 0 saturated heterocycles. The summed E-state index contributed by atoms with van der Waals surface area (Å²) in [5.41, 5.74) is 0. The zero-order valence-corrected chi connectivity index (χ0v) is 13.5. The van der Waals surface area contributed by atoms with Crippen molar-refractivity contribution < 1.29 is 13.3 Å². The third kappa shape index (κ3) is 8.03. The van der Waals surface area contributed by atoms with Crippen LogP contribution in [0.2, 0.25) is 6.04 Å². The summed E-state index contributed by atoms with van der Waals surface area (Å²) in [6.07, 6.45) is 9.08. The van der Waals surface area contributed by atoms with Gasteiger partial charge in [0.15, 0.2) is 0 Å². The van der Waals surface area contributed by atoms with Crippen molar-refractivity contribution >= 4 is 8.80 Å². The van der Waals surface area contributed by atoms with Crippen LogP contribution in [0, 0.1) is 0 Å². The van der Waals surface area contributed by atoms with Gasteiger partial charge in [0.1, 0.15) is 0 Å². The zero-order valence-electron chi connectivity index (χ0n) is 12.5. The molecule has 0 atom stereocenters. The van der Waals surface area contributed by atoms with E-state index < -0.39 is 8.80 Å². The van der Waals surface area contributed by atoms with E-state index in [1.807, 2.05) is 20.8 Å². The van der Waals surface area contributed by atoms with Crippen LogP contribution in [0.1, 0.15) is 53.4 Å². The number of unbranched alkanes of at least 4 members (excludes halogenated alkanes) is 3.